The van der Waals surface area contributed by atoms with Gasteiger partial charge in [0.25, 0.3) is 0 Å². The predicted octanol–water partition coefficient (Wildman–Crippen LogP) is 3.67. The summed E-state index contributed by atoms with van der Waals surface area (Å²) in [6.45, 7) is 0. The van der Waals surface area contributed by atoms with E-state index in [2.05, 4.69) is 56.0 Å². The van der Waals surface area contributed by atoms with Gasteiger partial charge in [-0.2, -0.15) is 0 Å². The topological polar surface area (TPSA) is 107 Å². The molecule has 1 saturated carbocycles. The highest BCUT2D eigenvalue weighted by Crippen LogP contribution is 2.39. The van der Waals surface area contributed by atoms with Crippen molar-refractivity contribution < 1.29 is 4.79 Å². The molecule has 0 unspecified atom stereocenters. The molecule has 4 rings (SSSR count). The number of benzene rings is 1. The van der Waals surface area contributed by atoms with Gasteiger partial charge in [-0.25, -0.2) is 0 Å². The Hall–Kier alpha value is -2.39. The Kier molecular flexibility index (Phi) is 7.23. The number of carbonyl (C=O) groups excluding carboxylic acids is 1. The molecular formula is C18H22N6OS2. The third-order valence-corrected chi connectivity index (χ3v) is 5.74. The quantitative estimate of drug-likeness (QED) is 0.440. The average molecular weight is 403 g/mol. The highest BCUT2D eigenvalue weighted by Gasteiger charge is 2.22. The molecule has 0 saturated heterocycles. The van der Waals surface area contributed by atoms with E-state index in [0.29, 0.717) is 16.7 Å². The Bertz CT molecular complexity index is 831. The molecule has 1 aromatic carbocycles. The minimum atomic E-state index is 0.513. The highest BCUT2D eigenvalue weighted by molar-refractivity contribution is 7.15. The maximum atomic E-state index is 10.2. The van der Waals surface area contributed by atoms with Crippen LogP contribution in [0.5, 0.6) is 0 Å². The largest absolute Gasteiger partial charge is 0.374 e. The summed E-state index contributed by atoms with van der Waals surface area (Å²) >= 11 is 2.82. The second-order valence-corrected chi connectivity index (χ2v) is 8.34. The van der Waals surface area contributed by atoms with Gasteiger partial charge in [0.15, 0.2) is 0 Å². The molecule has 1 aliphatic carbocycles. The summed E-state index contributed by atoms with van der Waals surface area (Å²) in [5.41, 5.74) is 7.02. The molecule has 0 spiro atoms. The number of nitrogens with zero attached hydrogens (tertiary/aromatic N) is 4. The van der Waals surface area contributed by atoms with Crippen LogP contribution < -0.4 is 11.1 Å². The number of unbranched alkanes of at least 4 members (excludes halogenated alkanes) is 1. The van der Waals surface area contributed by atoms with Crippen molar-refractivity contribution in [3.8, 4) is 0 Å². The molecular weight excluding hydrogens is 380 g/mol. The van der Waals surface area contributed by atoms with E-state index >= 15 is 0 Å². The van der Waals surface area contributed by atoms with Gasteiger partial charge in [-0.05, 0) is 37.2 Å². The standard InChI is InChI=1S/C9H12N6OS2.C9H10/c10-8-14-12-6(17-8)3-1-2-4-7-13-15-9(18-7)11-5-16;1-2-4-8(5-3-1)9-6-7-9/h5H,1-4H2,(H2,10,14)(H,11,15,16);1-5,9H,6-7H2. The van der Waals surface area contributed by atoms with Crippen molar-refractivity contribution in [3.05, 3.63) is 45.9 Å². The fourth-order valence-corrected chi connectivity index (χ4v) is 3.92. The number of carbonyl (C=O) groups is 1. The maximum absolute atomic E-state index is 10.2. The lowest BCUT2D eigenvalue weighted by Crippen LogP contribution is -1.91. The van der Waals surface area contributed by atoms with Crippen LogP contribution in [-0.4, -0.2) is 26.8 Å². The summed E-state index contributed by atoms with van der Waals surface area (Å²) in [5, 5.41) is 21.0. The normalized spacial score (nSPS) is 12.9. The molecule has 3 N–H and O–H groups in total. The first kappa shape index (κ1) is 19.4. The van der Waals surface area contributed by atoms with Gasteiger partial charge in [-0.3, -0.25) is 4.79 Å². The van der Waals surface area contributed by atoms with Crippen LogP contribution in [0.4, 0.5) is 10.3 Å². The molecule has 0 atom stereocenters. The third-order valence-electron chi connectivity index (χ3n) is 4.01. The molecule has 1 fully saturated rings. The molecule has 142 valence electrons. The first-order valence-corrected chi connectivity index (χ1v) is 10.5. The Morgan fingerprint density at radius 2 is 1.67 bits per heavy atom. The monoisotopic (exact) mass is 402 g/mol. The molecule has 1 aliphatic rings. The minimum absolute atomic E-state index is 0.513. The van der Waals surface area contributed by atoms with Gasteiger partial charge in [0.1, 0.15) is 10.0 Å². The number of nitrogens with two attached hydrogens (primary N) is 1. The Morgan fingerprint density at radius 1 is 1.00 bits per heavy atom. The summed E-state index contributed by atoms with van der Waals surface area (Å²) in [4.78, 5) is 10.2. The lowest BCUT2D eigenvalue weighted by molar-refractivity contribution is -0.105. The molecule has 2 heterocycles. The zero-order valence-electron chi connectivity index (χ0n) is 14.9. The molecule has 1 amide bonds. The maximum Gasteiger partial charge on any atom is 0.213 e. The van der Waals surface area contributed by atoms with Crippen LogP contribution in [0.2, 0.25) is 0 Å². The molecule has 7 nitrogen and oxygen atoms in total. The van der Waals surface area contributed by atoms with Gasteiger partial charge < -0.3 is 11.1 Å². The smallest absolute Gasteiger partial charge is 0.213 e. The van der Waals surface area contributed by atoms with E-state index in [0.717, 1.165) is 41.6 Å². The average Bonchev–Trinajstić information content (AvgIpc) is 3.32. The summed E-state index contributed by atoms with van der Waals surface area (Å²) in [6, 6.07) is 10.8. The van der Waals surface area contributed by atoms with Crippen LogP contribution >= 0.6 is 22.7 Å². The molecule has 2 aromatic heterocycles. The number of aromatic nitrogens is 4. The Morgan fingerprint density at radius 3 is 2.26 bits per heavy atom. The zero-order chi connectivity index (χ0) is 18.9. The van der Waals surface area contributed by atoms with Crippen molar-refractivity contribution in [3.63, 3.8) is 0 Å². The number of hydrogen-bond donors (Lipinski definition) is 2. The van der Waals surface area contributed by atoms with Crippen LogP contribution in [0, 0.1) is 0 Å². The second kappa shape index (κ2) is 10.1. The summed E-state index contributed by atoms with van der Waals surface area (Å²) in [5.74, 6) is 0.909. The van der Waals surface area contributed by atoms with E-state index in [4.69, 9.17) is 5.73 Å². The van der Waals surface area contributed by atoms with Gasteiger partial charge in [-0.1, -0.05) is 53.0 Å². The summed E-state index contributed by atoms with van der Waals surface area (Å²) in [6.07, 6.45) is 7.15. The fourth-order valence-electron chi connectivity index (χ4n) is 2.53. The lowest BCUT2D eigenvalue weighted by Gasteiger charge is -1.94. The number of aryl methyl sites for hydroxylation is 2. The van der Waals surface area contributed by atoms with E-state index in [-0.39, 0.29) is 0 Å². The van der Waals surface area contributed by atoms with Crippen LogP contribution in [0.1, 0.15) is 47.2 Å². The van der Waals surface area contributed by atoms with Gasteiger partial charge >= 0.3 is 0 Å². The van der Waals surface area contributed by atoms with E-state index < -0.39 is 0 Å². The molecule has 27 heavy (non-hydrogen) atoms. The number of nitrogen functional groups attached to an aromatic ring is 1. The SMILES string of the molecule is Nc1nnc(CCCCc2nnc(NC=O)s2)s1.c1ccc(C2CC2)cc1. The number of nitrogens with one attached hydrogen (secondary N) is 1. The third kappa shape index (κ3) is 6.69. The zero-order valence-corrected chi connectivity index (χ0v) is 16.5. The molecule has 9 heteroatoms. The Balaban J connectivity index is 0.000000193. The van der Waals surface area contributed by atoms with Crippen LogP contribution in [0.3, 0.4) is 0 Å². The summed E-state index contributed by atoms with van der Waals surface area (Å²) in [7, 11) is 0. The van der Waals surface area contributed by atoms with E-state index in [1.54, 1.807) is 0 Å². The molecule has 3 aromatic rings. The van der Waals surface area contributed by atoms with Gasteiger partial charge in [0.2, 0.25) is 16.7 Å². The van der Waals surface area contributed by atoms with Crippen molar-refractivity contribution in [2.45, 2.75) is 44.4 Å². The van der Waals surface area contributed by atoms with Crippen LogP contribution in [0.25, 0.3) is 0 Å². The lowest BCUT2D eigenvalue weighted by atomic mass is 10.1. The minimum Gasteiger partial charge on any atom is -0.374 e. The highest BCUT2D eigenvalue weighted by atomic mass is 32.1. The van der Waals surface area contributed by atoms with Crippen LogP contribution in [-0.2, 0) is 17.6 Å². The van der Waals surface area contributed by atoms with Gasteiger partial charge in [-0.15, -0.1) is 20.4 Å². The first-order chi connectivity index (χ1) is 13.2. The van der Waals surface area contributed by atoms with Crippen molar-refractivity contribution in [2.75, 3.05) is 11.1 Å². The van der Waals surface area contributed by atoms with Crippen molar-refractivity contribution in [1.82, 2.24) is 20.4 Å². The first-order valence-electron chi connectivity index (χ1n) is 8.90. The predicted molar refractivity (Wildman–Crippen MR) is 109 cm³/mol. The van der Waals surface area contributed by atoms with E-state index in [1.807, 2.05) is 0 Å². The number of hydrogen-bond acceptors (Lipinski definition) is 8. The fraction of sp³-hybridized carbons (Fsp3) is 0.389. The number of rotatable bonds is 8. The van der Waals surface area contributed by atoms with Crippen LogP contribution in [0.15, 0.2) is 30.3 Å². The molecule has 0 bridgehead atoms. The number of anilines is 2. The Labute approximate surface area is 166 Å². The summed E-state index contributed by atoms with van der Waals surface area (Å²) < 4.78 is 0. The molecule has 0 radical (unpaired) electrons. The van der Waals surface area contributed by atoms with Crippen molar-refractivity contribution in [2.24, 2.45) is 0 Å². The second-order valence-electron chi connectivity index (χ2n) is 6.19. The van der Waals surface area contributed by atoms with Gasteiger partial charge in [0, 0.05) is 12.8 Å². The van der Waals surface area contributed by atoms with E-state index in [9.17, 15) is 4.79 Å². The number of amides is 1. The van der Waals surface area contributed by atoms with Crippen molar-refractivity contribution in [1.29, 1.82) is 0 Å². The molecule has 0 aliphatic heterocycles. The van der Waals surface area contributed by atoms with Crippen molar-refractivity contribution >= 4 is 39.3 Å². The van der Waals surface area contributed by atoms with Gasteiger partial charge in [0.05, 0.1) is 0 Å². The van der Waals surface area contributed by atoms with E-state index in [1.165, 1.54) is 41.1 Å².